The first-order valence-corrected chi connectivity index (χ1v) is 7.99. The van der Waals surface area contributed by atoms with Gasteiger partial charge in [0.15, 0.2) is 0 Å². The smallest absolute Gasteiger partial charge is 0.287 e. The van der Waals surface area contributed by atoms with Gasteiger partial charge in [-0.15, -0.1) is 0 Å². The Labute approximate surface area is 133 Å². The lowest BCUT2D eigenvalue weighted by atomic mass is 9.97. The third kappa shape index (κ3) is 2.62. The van der Waals surface area contributed by atoms with E-state index in [1.807, 2.05) is 18.5 Å². The van der Waals surface area contributed by atoms with Gasteiger partial charge < -0.3 is 15.2 Å². The number of nitrogens with one attached hydrogen (secondary N) is 2. The highest BCUT2D eigenvalue weighted by Crippen LogP contribution is 2.39. The van der Waals surface area contributed by atoms with Crippen LogP contribution in [-0.2, 0) is 0 Å². The molecule has 2 unspecified atom stereocenters. The molecule has 7 heteroatoms. The maximum atomic E-state index is 10.8. The van der Waals surface area contributed by atoms with E-state index in [1.165, 1.54) is 6.20 Å². The maximum Gasteiger partial charge on any atom is 0.287 e. The fraction of sp³-hybridized carbons (Fsp3) is 0.438. The monoisotopic (exact) mass is 313 g/mol. The van der Waals surface area contributed by atoms with Gasteiger partial charge in [0.05, 0.1) is 10.6 Å². The molecule has 0 radical (unpaired) electrons. The van der Waals surface area contributed by atoms with Gasteiger partial charge >= 0.3 is 0 Å². The average Bonchev–Trinajstić information content (AvgIpc) is 3.14. The van der Waals surface area contributed by atoms with Gasteiger partial charge in [-0.3, -0.25) is 10.1 Å². The maximum absolute atomic E-state index is 10.8. The molecule has 2 aliphatic rings. The van der Waals surface area contributed by atoms with Crippen LogP contribution in [0.1, 0.15) is 25.7 Å². The Morgan fingerprint density at radius 2 is 2.04 bits per heavy atom. The van der Waals surface area contributed by atoms with Crippen LogP contribution in [0.25, 0.3) is 0 Å². The fourth-order valence-corrected chi connectivity index (χ4v) is 3.96. The number of pyridine rings is 1. The lowest BCUT2D eigenvalue weighted by Gasteiger charge is -2.40. The summed E-state index contributed by atoms with van der Waals surface area (Å²) in [7, 11) is 0. The number of rotatable bonds is 4. The van der Waals surface area contributed by atoms with E-state index in [1.54, 1.807) is 12.1 Å². The van der Waals surface area contributed by atoms with Gasteiger partial charge in [-0.1, -0.05) is 0 Å². The predicted molar refractivity (Wildman–Crippen MR) is 87.6 cm³/mol. The zero-order chi connectivity index (χ0) is 15.8. The first-order valence-electron chi connectivity index (χ1n) is 7.99. The summed E-state index contributed by atoms with van der Waals surface area (Å²) >= 11 is 0. The Balaban J connectivity index is 1.48. The van der Waals surface area contributed by atoms with Gasteiger partial charge in [0.2, 0.25) is 0 Å². The molecule has 0 aromatic carbocycles. The number of aromatic amines is 1. The van der Waals surface area contributed by atoms with Crippen molar-refractivity contribution in [2.75, 3.05) is 10.2 Å². The van der Waals surface area contributed by atoms with Gasteiger partial charge in [0, 0.05) is 36.6 Å². The summed E-state index contributed by atoms with van der Waals surface area (Å²) in [6, 6.07) is 6.76. The molecular weight excluding hydrogens is 294 g/mol. The second-order valence-electron chi connectivity index (χ2n) is 6.34. The highest BCUT2D eigenvalue weighted by molar-refractivity contribution is 5.48. The Morgan fingerprint density at radius 3 is 2.61 bits per heavy atom. The van der Waals surface area contributed by atoms with E-state index in [-0.39, 0.29) is 5.69 Å². The molecular formula is C16H19N5O2. The minimum absolute atomic E-state index is 0.0464. The summed E-state index contributed by atoms with van der Waals surface area (Å²) < 4.78 is 0. The SMILES string of the molecule is O=[N+]([O-])c1ccc(N2C3CCC2CC(Nc2cc[nH]c2)C3)nc1. The van der Waals surface area contributed by atoms with E-state index < -0.39 is 4.92 Å². The average molecular weight is 313 g/mol. The first-order chi connectivity index (χ1) is 11.2. The summed E-state index contributed by atoms with van der Waals surface area (Å²) in [5.41, 5.74) is 1.18. The van der Waals surface area contributed by atoms with Gasteiger partial charge in [-0.05, 0) is 37.8 Å². The number of anilines is 2. The van der Waals surface area contributed by atoms with Crippen LogP contribution in [0.2, 0.25) is 0 Å². The highest BCUT2D eigenvalue weighted by Gasteiger charge is 2.41. The van der Waals surface area contributed by atoms with Crippen molar-refractivity contribution >= 4 is 17.2 Å². The summed E-state index contributed by atoms with van der Waals surface area (Å²) in [5.74, 6) is 0.864. The van der Waals surface area contributed by atoms with Crippen LogP contribution >= 0.6 is 0 Å². The van der Waals surface area contributed by atoms with Crippen molar-refractivity contribution in [2.45, 2.75) is 43.8 Å². The zero-order valence-corrected chi connectivity index (χ0v) is 12.7. The third-order valence-electron chi connectivity index (χ3n) is 4.91. The largest absolute Gasteiger partial charge is 0.381 e. The summed E-state index contributed by atoms with van der Waals surface area (Å²) in [4.78, 5) is 20.1. The number of aromatic nitrogens is 2. The third-order valence-corrected chi connectivity index (χ3v) is 4.91. The van der Waals surface area contributed by atoms with Gasteiger partial charge in [0.1, 0.15) is 12.0 Å². The van der Waals surface area contributed by atoms with Crippen LogP contribution in [0.4, 0.5) is 17.2 Å². The number of nitrogens with zero attached hydrogens (tertiary/aromatic N) is 3. The summed E-state index contributed by atoms with van der Waals surface area (Å²) in [6.07, 6.45) is 9.72. The molecule has 0 amide bonds. The fourth-order valence-electron chi connectivity index (χ4n) is 3.96. The number of fused-ring (bicyclic) bond motifs is 2. The molecule has 4 rings (SSSR count). The van der Waals surface area contributed by atoms with E-state index in [0.717, 1.165) is 37.2 Å². The van der Waals surface area contributed by atoms with E-state index >= 15 is 0 Å². The molecule has 2 atom stereocenters. The summed E-state index contributed by atoms with van der Waals surface area (Å²) in [6.45, 7) is 0. The first kappa shape index (κ1) is 14.0. The van der Waals surface area contributed by atoms with Gasteiger partial charge in [-0.2, -0.15) is 0 Å². The van der Waals surface area contributed by atoms with Crippen molar-refractivity contribution in [2.24, 2.45) is 0 Å². The Hall–Kier alpha value is -2.57. The lowest BCUT2D eigenvalue weighted by molar-refractivity contribution is -0.385. The normalized spacial score (nSPS) is 26.3. The molecule has 0 aliphatic carbocycles. The van der Waals surface area contributed by atoms with Crippen LogP contribution in [0.15, 0.2) is 36.8 Å². The van der Waals surface area contributed by atoms with Crippen LogP contribution in [0, 0.1) is 10.1 Å². The molecule has 2 aromatic rings. The second kappa shape index (κ2) is 5.57. The number of hydrogen-bond acceptors (Lipinski definition) is 5. The molecule has 4 heterocycles. The zero-order valence-electron chi connectivity index (χ0n) is 12.7. The Morgan fingerprint density at radius 1 is 1.26 bits per heavy atom. The molecule has 2 bridgehead atoms. The molecule has 2 N–H and O–H groups in total. The molecule has 0 saturated carbocycles. The quantitative estimate of drug-likeness (QED) is 0.669. The summed E-state index contributed by atoms with van der Waals surface area (Å²) in [5, 5.41) is 14.4. The number of H-pyrrole nitrogens is 1. The van der Waals surface area contributed by atoms with Crippen molar-refractivity contribution < 1.29 is 4.92 Å². The van der Waals surface area contributed by atoms with Gasteiger partial charge in [0.25, 0.3) is 5.69 Å². The standard InChI is InChI=1S/C16H19N5O2/c22-21(23)15-3-4-16(18-10-15)20-13-1-2-14(20)8-12(7-13)19-11-5-6-17-9-11/h3-6,9-10,12-14,17,19H,1-2,7-8H2. The Bertz CT molecular complexity index is 671. The molecule has 2 saturated heterocycles. The molecule has 2 aromatic heterocycles. The van der Waals surface area contributed by atoms with Crippen LogP contribution in [0.3, 0.4) is 0 Å². The van der Waals surface area contributed by atoms with E-state index in [9.17, 15) is 10.1 Å². The molecule has 2 aliphatic heterocycles. The molecule has 23 heavy (non-hydrogen) atoms. The van der Waals surface area contributed by atoms with E-state index in [4.69, 9.17) is 0 Å². The molecule has 120 valence electrons. The van der Waals surface area contributed by atoms with Crippen LogP contribution < -0.4 is 10.2 Å². The van der Waals surface area contributed by atoms with Crippen LogP contribution in [0.5, 0.6) is 0 Å². The van der Waals surface area contributed by atoms with Crippen molar-refractivity contribution in [3.63, 3.8) is 0 Å². The van der Waals surface area contributed by atoms with Crippen LogP contribution in [-0.4, -0.2) is 33.0 Å². The van der Waals surface area contributed by atoms with Crippen molar-refractivity contribution in [1.29, 1.82) is 0 Å². The van der Waals surface area contributed by atoms with E-state index in [0.29, 0.717) is 18.1 Å². The van der Waals surface area contributed by atoms with Crippen molar-refractivity contribution in [3.8, 4) is 0 Å². The minimum Gasteiger partial charge on any atom is -0.381 e. The van der Waals surface area contributed by atoms with Gasteiger partial charge in [-0.25, -0.2) is 4.98 Å². The minimum atomic E-state index is -0.404. The second-order valence-corrected chi connectivity index (χ2v) is 6.34. The van der Waals surface area contributed by atoms with E-state index in [2.05, 4.69) is 20.2 Å². The number of hydrogen-bond donors (Lipinski definition) is 2. The highest BCUT2D eigenvalue weighted by atomic mass is 16.6. The number of nitro groups is 1. The topological polar surface area (TPSA) is 87.1 Å². The van der Waals surface area contributed by atoms with Crippen molar-refractivity contribution in [1.82, 2.24) is 9.97 Å². The predicted octanol–water partition coefficient (Wildman–Crippen LogP) is 2.93. The lowest BCUT2D eigenvalue weighted by Crippen LogP contribution is -2.47. The van der Waals surface area contributed by atoms with Crippen molar-refractivity contribution in [3.05, 3.63) is 46.9 Å². The Kier molecular flexibility index (Phi) is 3.40. The number of piperidine rings is 1. The molecule has 0 spiro atoms. The molecule has 2 fully saturated rings. The molecule has 7 nitrogen and oxygen atoms in total.